The number of methoxy groups -OCH3 is 1. The molecule has 0 bridgehead atoms. The van der Waals surface area contributed by atoms with Gasteiger partial charge in [0.15, 0.2) is 0 Å². The molecule has 28 heavy (non-hydrogen) atoms. The van der Waals surface area contributed by atoms with Crippen molar-refractivity contribution in [3.63, 3.8) is 0 Å². The van der Waals surface area contributed by atoms with Crippen molar-refractivity contribution >= 4 is 17.4 Å². The number of carbonyl (C=O) groups is 1. The lowest BCUT2D eigenvalue weighted by atomic mass is 10.1. The van der Waals surface area contributed by atoms with Crippen LogP contribution in [0.5, 0.6) is 5.75 Å². The number of benzene rings is 2. The highest BCUT2D eigenvalue weighted by atomic mass is 16.5. The molecule has 0 fully saturated rings. The van der Waals surface area contributed by atoms with Crippen molar-refractivity contribution in [2.45, 2.75) is 6.92 Å². The van der Waals surface area contributed by atoms with Gasteiger partial charge in [0.05, 0.1) is 24.2 Å². The molecular weight excluding hydrogens is 354 g/mol. The number of para-hydroxylation sites is 1. The van der Waals surface area contributed by atoms with Crippen molar-refractivity contribution in [3.8, 4) is 17.0 Å². The normalized spacial score (nSPS) is 10.4. The van der Waals surface area contributed by atoms with Gasteiger partial charge < -0.3 is 20.3 Å². The van der Waals surface area contributed by atoms with Crippen molar-refractivity contribution in [2.75, 3.05) is 37.5 Å². The number of urea groups is 1. The molecule has 0 saturated carbocycles. The number of amides is 2. The largest absolute Gasteiger partial charge is 0.497 e. The Hall–Kier alpha value is -3.48. The van der Waals surface area contributed by atoms with E-state index in [4.69, 9.17) is 4.74 Å². The van der Waals surface area contributed by atoms with E-state index in [9.17, 15) is 4.79 Å². The Bertz CT molecular complexity index is 906. The molecule has 2 amide bonds. The van der Waals surface area contributed by atoms with Gasteiger partial charge in [0.1, 0.15) is 5.75 Å². The van der Waals surface area contributed by atoms with Crippen LogP contribution in [-0.4, -0.2) is 43.5 Å². The van der Waals surface area contributed by atoms with Crippen molar-refractivity contribution in [1.82, 2.24) is 15.5 Å². The van der Waals surface area contributed by atoms with Gasteiger partial charge in [-0.1, -0.05) is 18.2 Å². The van der Waals surface area contributed by atoms with Crippen molar-refractivity contribution in [1.29, 1.82) is 0 Å². The fourth-order valence-corrected chi connectivity index (χ4v) is 2.86. The quantitative estimate of drug-likeness (QED) is 0.585. The smallest absolute Gasteiger partial charge is 0.319 e. The van der Waals surface area contributed by atoms with E-state index in [1.165, 1.54) is 0 Å². The molecule has 3 N–H and O–H groups in total. The maximum atomic E-state index is 12.4. The van der Waals surface area contributed by atoms with E-state index >= 15 is 0 Å². The van der Waals surface area contributed by atoms with Gasteiger partial charge in [-0.2, -0.15) is 5.10 Å². The summed E-state index contributed by atoms with van der Waals surface area (Å²) in [5, 5.41) is 13.0. The summed E-state index contributed by atoms with van der Waals surface area (Å²) < 4.78 is 5.19. The van der Waals surface area contributed by atoms with Gasteiger partial charge in [-0.3, -0.25) is 5.10 Å². The third-order valence-corrected chi connectivity index (χ3v) is 4.49. The molecule has 0 unspecified atom stereocenters. The minimum atomic E-state index is -0.263. The van der Waals surface area contributed by atoms with Gasteiger partial charge in [0.25, 0.3) is 0 Å². The zero-order valence-electron chi connectivity index (χ0n) is 16.3. The van der Waals surface area contributed by atoms with Crippen LogP contribution in [-0.2, 0) is 0 Å². The number of likely N-dealkylation sites (N-methyl/N-ethyl adjacent to an activating group) is 1. The van der Waals surface area contributed by atoms with Crippen LogP contribution in [0.2, 0.25) is 0 Å². The molecule has 0 aliphatic carbocycles. The van der Waals surface area contributed by atoms with E-state index in [0.29, 0.717) is 18.8 Å². The predicted molar refractivity (Wildman–Crippen MR) is 112 cm³/mol. The number of hydrogen-bond acceptors (Lipinski definition) is 4. The number of aromatic amines is 1. The third kappa shape index (κ3) is 4.62. The molecule has 3 rings (SSSR count). The lowest BCUT2D eigenvalue weighted by Crippen LogP contribution is -2.35. The van der Waals surface area contributed by atoms with Gasteiger partial charge in [0.2, 0.25) is 0 Å². The summed E-state index contributed by atoms with van der Waals surface area (Å²) in [6.45, 7) is 3.07. The molecule has 0 saturated heterocycles. The second-order valence-corrected chi connectivity index (χ2v) is 6.43. The monoisotopic (exact) mass is 379 g/mol. The van der Waals surface area contributed by atoms with Gasteiger partial charge in [0, 0.05) is 31.4 Å². The van der Waals surface area contributed by atoms with E-state index in [1.54, 1.807) is 7.11 Å². The lowest BCUT2D eigenvalue weighted by molar-refractivity contribution is 0.252. The summed E-state index contributed by atoms with van der Waals surface area (Å²) in [4.78, 5) is 14.5. The first-order valence-electron chi connectivity index (χ1n) is 9.09. The van der Waals surface area contributed by atoms with Gasteiger partial charge in [-0.25, -0.2) is 4.79 Å². The molecule has 0 spiro atoms. The zero-order chi connectivity index (χ0) is 19.9. The minimum Gasteiger partial charge on any atom is -0.497 e. The molecule has 3 aromatic rings. The van der Waals surface area contributed by atoms with Crippen LogP contribution in [0.4, 0.5) is 16.2 Å². The minimum absolute atomic E-state index is 0.263. The van der Waals surface area contributed by atoms with Crippen LogP contribution >= 0.6 is 0 Å². The SMILES string of the molecule is COc1ccc(-c2[nH]nc(C)c2NC(=O)NCCN(C)c2ccccc2)cc1. The highest BCUT2D eigenvalue weighted by molar-refractivity contribution is 5.94. The van der Waals surface area contributed by atoms with Crippen LogP contribution in [0.1, 0.15) is 5.69 Å². The molecule has 0 aliphatic rings. The number of carbonyl (C=O) groups excluding carboxylic acids is 1. The second-order valence-electron chi connectivity index (χ2n) is 6.43. The number of anilines is 2. The summed E-state index contributed by atoms with van der Waals surface area (Å²) in [6.07, 6.45) is 0. The van der Waals surface area contributed by atoms with Crippen molar-refractivity contribution < 1.29 is 9.53 Å². The van der Waals surface area contributed by atoms with E-state index < -0.39 is 0 Å². The van der Waals surface area contributed by atoms with E-state index in [0.717, 1.165) is 28.4 Å². The molecule has 0 atom stereocenters. The lowest BCUT2D eigenvalue weighted by Gasteiger charge is -2.19. The summed E-state index contributed by atoms with van der Waals surface area (Å²) in [6, 6.07) is 17.4. The number of nitrogens with zero attached hydrogens (tertiary/aromatic N) is 2. The molecule has 1 aromatic heterocycles. The van der Waals surface area contributed by atoms with Crippen LogP contribution in [0, 0.1) is 6.92 Å². The standard InChI is InChI=1S/C21H25N5O2/c1-15-19(20(25-24-15)16-9-11-18(28-3)12-10-16)23-21(27)22-13-14-26(2)17-7-5-4-6-8-17/h4-12H,13-14H2,1-3H3,(H,24,25)(H2,22,23,27). The Morgan fingerprint density at radius 1 is 1.14 bits per heavy atom. The average Bonchev–Trinajstić information content (AvgIpc) is 3.09. The Balaban J connectivity index is 1.59. The number of aryl methyl sites for hydroxylation is 1. The highest BCUT2D eigenvalue weighted by Crippen LogP contribution is 2.29. The fourth-order valence-electron chi connectivity index (χ4n) is 2.86. The molecular formula is C21H25N5O2. The maximum Gasteiger partial charge on any atom is 0.319 e. The number of ether oxygens (including phenoxy) is 1. The maximum absolute atomic E-state index is 12.4. The Morgan fingerprint density at radius 2 is 1.86 bits per heavy atom. The summed E-state index contributed by atoms with van der Waals surface area (Å²) in [5.74, 6) is 0.773. The van der Waals surface area contributed by atoms with Gasteiger partial charge in [-0.05, 0) is 43.3 Å². The van der Waals surface area contributed by atoms with Crippen LogP contribution in [0.3, 0.4) is 0 Å². The number of nitrogens with one attached hydrogen (secondary N) is 3. The first kappa shape index (κ1) is 19.3. The summed E-state index contributed by atoms with van der Waals surface area (Å²) in [5.41, 5.74) is 4.18. The van der Waals surface area contributed by atoms with Crippen LogP contribution in [0.15, 0.2) is 54.6 Å². The molecule has 7 heteroatoms. The second kappa shape index (κ2) is 8.94. The van der Waals surface area contributed by atoms with E-state index in [1.807, 2.05) is 68.6 Å². The van der Waals surface area contributed by atoms with Gasteiger partial charge >= 0.3 is 6.03 Å². The summed E-state index contributed by atoms with van der Waals surface area (Å²) >= 11 is 0. The topological polar surface area (TPSA) is 82.3 Å². The molecule has 7 nitrogen and oxygen atoms in total. The van der Waals surface area contributed by atoms with Gasteiger partial charge in [-0.15, -0.1) is 0 Å². The highest BCUT2D eigenvalue weighted by Gasteiger charge is 2.14. The summed E-state index contributed by atoms with van der Waals surface area (Å²) in [7, 11) is 3.62. The first-order chi connectivity index (χ1) is 13.6. The third-order valence-electron chi connectivity index (χ3n) is 4.49. The predicted octanol–water partition coefficient (Wildman–Crippen LogP) is 3.65. The van der Waals surface area contributed by atoms with E-state index in [2.05, 4.69) is 25.7 Å². The number of H-pyrrole nitrogens is 1. The molecule has 0 radical (unpaired) electrons. The number of hydrogen-bond donors (Lipinski definition) is 3. The Kier molecular flexibility index (Phi) is 6.16. The van der Waals surface area contributed by atoms with E-state index in [-0.39, 0.29) is 6.03 Å². The first-order valence-corrected chi connectivity index (χ1v) is 9.09. The molecule has 0 aliphatic heterocycles. The Labute approximate surface area is 164 Å². The molecule has 1 heterocycles. The Morgan fingerprint density at radius 3 is 2.54 bits per heavy atom. The van der Waals surface area contributed by atoms with Crippen molar-refractivity contribution in [3.05, 3.63) is 60.3 Å². The number of rotatable bonds is 7. The fraction of sp³-hybridized carbons (Fsp3) is 0.238. The molecule has 146 valence electrons. The molecule has 2 aromatic carbocycles. The average molecular weight is 379 g/mol. The van der Waals surface area contributed by atoms with Crippen LogP contribution in [0.25, 0.3) is 11.3 Å². The van der Waals surface area contributed by atoms with Crippen LogP contribution < -0.4 is 20.3 Å². The van der Waals surface area contributed by atoms with Crippen molar-refractivity contribution in [2.24, 2.45) is 0 Å². The number of aromatic nitrogens is 2. The zero-order valence-corrected chi connectivity index (χ0v) is 16.3.